The highest BCUT2D eigenvalue weighted by molar-refractivity contribution is 5.55. The van der Waals surface area contributed by atoms with Gasteiger partial charge in [-0.1, -0.05) is 12.1 Å². The Morgan fingerprint density at radius 2 is 2.17 bits per heavy atom. The molecule has 0 amide bonds. The molecule has 3 nitrogen and oxygen atoms in total. The van der Waals surface area contributed by atoms with E-state index in [2.05, 4.69) is 10.1 Å². The van der Waals surface area contributed by atoms with Gasteiger partial charge < -0.3 is 4.84 Å². The van der Waals surface area contributed by atoms with E-state index >= 15 is 0 Å². The first-order chi connectivity index (χ1) is 5.93. The monoisotopic (exact) mass is 170 g/mol. The van der Waals surface area contributed by atoms with E-state index in [4.69, 9.17) is 4.84 Å². The van der Waals surface area contributed by atoms with Gasteiger partial charge in [-0.25, -0.2) is 0 Å². The normalized spacial score (nSPS) is 19.1. The molecule has 1 aliphatic rings. The molecular weight excluding hydrogens is 152 g/mol. The standard InChI is InChI=1S/C9H18N2O/c1-2-5-10-12-9-8-11-6-3-4-7-11/h5H,2-4,6-9H2,1H3/b10-5+. The summed E-state index contributed by atoms with van der Waals surface area (Å²) in [6.45, 7) is 6.28. The summed E-state index contributed by atoms with van der Waals surface area (Å²) in [5.74, 6) is 0. The Morgan fingerprint density at radius 3 is 2.83 bits per heavy atom. The number of likely N-dealkylation sites (tertiary alicyclic amines) is 1. The first-order valence-electron chi connectivity index (χ1n) is 4.79. The molecule has 0 aliphatic carbocycles. The van der Waals surface area contributed by atoms with E-state index in [0.29, 0.717) is 0 Å². The first kappa shape index (κ1) is 9.52. The van der Waals surface area contributed by atoms with Crippen molar-refractivity contribution in [2.45, 2.75) is 26.2 Å². The highest BCUT2D eigenvalue weighted by atomic mass is 16.6. The van der Waals surface area contributed by atoms with Crippen LogP contribution in [0.25, 0.3) is 0 Å². The molecule has 70 valence electrons. The Balaban J connectivity index is 1.91. The zero-order chi connectivity index (χ0) is 8.65. The molecule has 12 heavy (non-hydrogen) atoms. The Labute approximate surface area is 74.4 Å². The van der Waals surface area contributed by atoms with E-state index < -0.39 is 0 Å². The summed E-state index contributed by atoms with van der Waals surface area (Å²) in [4.78, 5) is 7.48. The molecule has 1 fully saturated rings. The third kappa shape index (κ3) is 3.72. The fraction of sp³-hybridized carbons (Fsp3) is 0.889. The molecule has 1 heterocycles. The van der Waals surface area contributed by atoms with Gasteiger partial charge in [0.05, 0.1) is 0 Å². The number of hydrogen-bond acceptors (Lipinski definition) is 3. The van der Waals surface area contributed by atoms with E-state index in [0.717, 1.165) is 19.6 Å². The maximum Gasteiger partial charge on any atom is 0.129 e. The van der Waals surface area contributed by atoms with Gasteiger partial charge in [0.25, 0.3) is 0 Å². The minimum atomic E-state index is 0.733. The van der Waals surface area contributed by atoms with Crippen molar-refractivity contribution in [1.82, 2.24) is 4.90 Å². The molecule has 0 radical (unpaired) electrons. The topological polar surface area (TPSA) is 24.8 Å². The fourth-order valence-electron chi connectivity index (χ4n) is 1.36. The lowest BCUT2D eigenvalue weighted by molar-refractivity contribution is 0.119. The number of oxime groups is 1. The van der Waals surface area contributed by atoms with E-state index in [1.54, 1.807) is 6.21 Å². The van der Waals surface area contributed by atoms with Gasteiger partial charge in [-0.15, -0.1) is 0 Å². The van der Waals surface area contributed by atoms with Crippen LogP contribution in [0.5, 0.6) is 0 Å². The van der Waals surface area contributed by atoms with Crippen LogP contribution in [0.15, 0.2) is 5.16 Å². The van der Waals surface area contributed by atoms with Crippen molar-refractivity contribution in [2.75, 3.05) is 26.2 Å². The lowest BCUT2D eigenvalue weighted by Gasteiger charge is -2.12. The Bertz CT molecular complexity index is 130. The van der Waals surface area contributed by atoms with Gasteiger partial charge in [-0.2, -0.15) is 0 Å². The van der Waals surface area contributed by atoms with Gasteiger partial charge >= 0.3 is 0 Å². The predicted molar refractivity (Wildman–Crippen MR) is 50.4 cm³/mol. The average Bonchev–Trinajstić information content (AvgIpc) is 2.57. The summed E-state index contributed by atoms with van der Waals surface area (Å²) in [5.41, 5.74) is 0. The van der Waals surface area contributed by atoms with Crippen LogP contribution in [-0.4, -0.2) is 37.4 Å². The highest BCUT2D eigenvalue weighted by Gasteiger charge is 2.10. The van der Waals surface area contributed by atoms with Gasteiger partial charge in [-0.05, 0) is 32.4 Å². The van der Waals surface area contributed by atoms with E-state index in [1.807, 2.05) is 6.92 Å². The van der Waals surface area contributed by atoms with Gasteiger partial charge in [-0.3, -0.25) is 4.90 Å². The second-order valence-electron chi connectivity index (χ2n) is 3.08. The van der Waals surface area contributed by atoms with Crippen molar-refractivity contribution >= 4 is 6.21 Å². The zero-order valence-corrected chi connectivity index (χ0v) is 7.83. The van der Waals surface area contributed by atoms with E-state index in [1.165, 1.54) is 25.9 Å². The minimum absolute atomic E-state index is 0.733. The van der Waals surface area contributed by atoms with Crippen LogP contribution in [0.2, 0.25) is 0 Å². The van der Waals surface area contributed by atoms with Crippen LogP contribution in [0.4, 0.5) is 0 Å². The SMILES string of the molecule is CC/C=N/OCCN1CCCC1. The van der Waals surface area contributed by atoms with Crippen molar-refractivity contribution in [3.63, 3.8) is 0 Å². The van der Waals surface area contributed by atoms with Crippen LogP contribution in [0, 0.1) is 0 Å². The van der Waals surface area contributed by atoms with Crippen LogP contribution in [-0.2, 0) is 4.84 Å². The van der Waals surface area contributed by atoms with Crippen molar-refractivity contribution < 1.29 is 4.84 Å². The minimum Gasteiger partial charge on any atom is -0.395 e. The largest absolute Gasteiger partial charge is 0.395 e. The molecule has 0 aromatic heterocycles. The van der Waals surface area contributed by atoms with Crippen molar-refractivity contribution in [3.8, 4) is 0 Å². The highest BCUT2D eigenvalue weighted by Crippen LogP contribution is 2.05. The summed E-state index contributed by atoms with van der Waals surface area (Å²) < 4.78 is 0. The first-order valence-corrected chi connectivity index (χ1v) is 4.79. The molecule has 3 heteroatoms. The number of hydrogen-bond donors (Lipinski definition) is 0. The third-order valence-corrected chi connectivity index (χ3v) is 2.03. The maximum absolute atomic E-state index is 5.06. The summed E-state index contributed by atoms with van der Waals surface area (Å²) in [6, 6.07) is 0. The van der Waals surface area contributed by atoms with Crippen molar-refractivity contribution in [2.24, 2.45) is 5.16 Å². The summed E-state index contributed by atoms with van der Waals surface area (Å²) in [5, 5.41) is 3.80. The van der Waals surface area contributed by atoms with Crippen molar-refractivity contribution in [3.05, 3.63) is 0 Å². The Morgan fingerprint density at radius 1 is 1.42 bits per heavy atom. The molecule has 0 aromatic rings. The summed E-state index contributed by atoms with van der Waals surface area (Å²) in [6.07, 6.45) is 5.43. The second kappa shape index (κ2) is 6.00. The van der Waals surface area contributed by atoms with Gasteiger partial charge in [0, 0.05) is 12.8 Å². The number of rotatable bonds is 5. The second-order valence-corrected chi connectivity index (χ2v) is 3.08. The molecule has 0 atom stereocenters. The van der Waals surface area contributed by atoms with E-state index in [9.17, 15) is 0 Å². The average molecular weight is 170 g/mol. The molecule has 1 rings (SSSR count). The number of nitrogens with zero attached hydrogens (tertiary/aromatic N) is 2. The summed E-state index contributed by atoms with van der Waals surface area (Å²) >= 11 is 0. The Kier molecular flexibility index (Phi) is 4.76. The fourth-order valence-corrected chi connectivity index (χ4v) is 1.36. The Hall–Kier alpha value is -0.570. The van der Waals surface area contributed by atoms with Gasteiger partial charge in [0.15, 0.2) is 0 Å². The van der Waals surface area contributed by atoms with Gasteiger partial charge in [0.1, 0.15) is 6.61 Å². The lowest BCUT2D eigenvalue weighted by atomic mass is 10.4. The molecule has 0 aromatic carbocycles. The molecule has 0 spiro atoms. The van der Waals surface area contributed by atoms with E-state index in [-0.39, 0.29) is 0 Å². The molecule has 1 saturated heterocycles. The quantitative estimate of drug-likeness (QED) is 0.355. The molecule has 0 unspecified atom stereocenters. The molecule has 0 bridgehead atoms. The molecule has 1 aliphatic heterocycles. The molecule has 0 saturated carbocycles. The van der Waals surface area contributed by atoms with Crippen LogP contribution >= 0.6 is 0 Å². The van der Waals surface area contributed by atoms with Crippen molar-refractivity contribution in [1.29, 1.82) is 0 Å². The maximum atomic E-state index is 5.06. The molecule has 0 N–H and O–H groups in total. The van der Waals surface area contributed by atoms with Crippen LogP contribution in [0.1, 0.15) is 26.2 Å². The third-order valence-electron chi connectivity index (χ3n) is 2.03. The predicted octanol–water partition coefficient (Wildman–Crippen LogP) is 1.49. The molecular formula is C9H18N2O. The van der Waals surface area contributed by atoms with Crippen LogP contribution < -0.4 is 0 Å². The van der Waals surface area contributed by atoms with Crippen LogP contribution in [0.3, 0.4) is 0 Å². The van der Waals surface area contributed by atoms with Gasteiger partial charge in [0.2, 0.25) is 0 Å². The smallest absolute Gasteiger partial charge is 0.129 e. The zero-order valence-electron chi connectivity index (χ0n) is 7.83. The lowest BCUT2D eigenvalue weighted by Crippen LogP contribution is -2.23. The summed E-state index contributed by atoms with van der Waals surface area (Å²) in [7, 11) is 0.